The summed E-state index contributed by atoms with van der Waals surface area (Å²) in [6.45, 7) is -0.221. The first-order valence-electron chi connectivity index (χ1n) is 8.58. The number of hydrogen-bond acceptors (Lipinski definition) is 4. The summed E-state index contributed by atoms with van der Waals surface area (Å²) in [5.74, 6) is -0.929. The van der Waals surface area contributed by atoms with Crippen LogP contribution in [-0.4, -0.2) is 47.2 Å². The van der Waals surface area contributed by atoms with E-state index in [0.29, 0.717) is 16.5 Å². The molecule has 2 aromatic carbocycles. The van der Waals surface area contributed by atoms with Crippen molar-refractivity contribution in [2.24, 2.45) is 0 Å². The van der Waals surface area contributed by atoms with Gasteiger partial charge in [0.05, 0.1) is 19.3 Å². The van der Waals surface area contributed by atoms with Crippen LogP contribution in [0.1, 0.15) is 10.5 Å². The summed E-state index contributed by atoms with van der Waals surface area (Å²) in [6.07, 6.45) is 1.48. The number of benzene rings is 2. The monoisotopic (exact) mass is 416 g/mol. The average Bonchev–Trinajstić information content (AvgIpc) is 3.17. The van der Waals surface area contributed by atoms with E-state index in [9.17, 15) is 14.0 Å². The van der Waals surface area contributed by atoms with Gasteiger partial charge in [-0.05, 0) is 36.4 Å². The van der Waals surface area contributed by atoms with Gasteiger partial charge in [0, 0.05) is 18.3 Å². The normalized spacial score (nSPS) is 10.5. The zero-order valence-electron chi connectivity index (χ0n) is 15.7. The number of methoxy groups -OCH3 is 1. The van der Waals surface area contributed by atoms with Crippen LogP contribution in [0.5, 0.6) is 5.75 Å². The van der Waals surface area contributed by atoms with Gasteiger partial charge in [0.2, 0.25) is 5.91 Å². The fourth-order valence-electron chi connectivity index (χ4n) is 2.66. The lowest BCUT2D eigenvalue weighted by Crippen LogP contribution is -2.35. The van der Waals surface area contributed by atoms with Crippen LogP contribution >= 0.6 is 11.6 Å². The number of carbonyl (C=O) groups is 2. The number of nitrogens with zero attached hydrogens (tertiary/aromatic N) is 3. The Morgan fingerprint density at radius 1 is 1.24 bits per heavy atom. The first-order valence-corrected chi connectivity index (χ1v) is 8.96. The Bertz CT molecular complexity index is 1050. The van der Waals surface area contributed by atoms with Crippen LogP contribution in [0, 0.1) is 5.82 Å². The van der Waals surface area contributed by atoms with Gasteiger partial charge in [-0.25, -0.2) is 9.07 Å². The molecule has 7 nitrogen and oxygen atoms in total. The molecule has 0 spiro atoms. The van der Waals surface area contributed by atoms with E-state index in [2.05, 4.69) is 10.4 Å². The summed E-state index contributed by atoms with van der Waals surface area (Å²) in [5, 5.41) is 7.20. The van der Waals surface area contributed by atoms with Crippen molar-refractivity contribution in [2.45, 2.75) is 0 Å². The molecular formula is C20H18ClFN4O3. The summed E-state index contributed by atoms with van der Waals surface area (Å²) in [4.78, 5) is 26.1. The summed E-state index contributed by atoms with van der Waals surface area (Å²) in [6, 6.07) is 12.4. The number of para-hydroxylation sites is 1. The quantitative estimate of drug-likeness (QED) is 0.668. The van der Waals surface area contributed by atoms with E-state index >= 15 is 0 Å². The Balaban J connectivity index is 1.67. The number of ether oxygens (including phenoxy) is 1. The van der Waals surface area contributed by atoms with Gasteiger partial charge in [-0.3, -0.25) is 9.59 Å². The summed E-state index contributed by atoms with van der Waals surface area (Å²) < 4.78 is 20.3. The summed E-state index contributed by atoms with van der Waals surface area (Å²) in [7, 11) is 2.94. The van der Waals surface area contributed by atoms with Gasteiger partial charge < -0.3 is 15.0 Å². The molecule has 3 aromatic rings. The van der Waals surface area contributed by atoms with Gasteiger partial charge in [0.15, 0.2) is 5.69 Å². The third kappa shape index (κ3) is 4.72. The molecular weight excluding hydrogens is 399 g/mol. The molecule has 0 saturated heterocycles. The molecule has 0 unspecified atom stereocenters. The van der Waals surface area contributed by atoms with Crippen LogP contribution in [0.15, 0.2) is 54.7 Å². The van der Waals surface area contributed by atoms with E-state index < -0.39 is 17.6 Å². The maximum Gasteiger partial charge on any atom is 0.274 e. The number of nitrogens with one attached hydrogen (secondary N) is 1. The highest BCUT2D eigenvalue weighted by molar-refractivity contribution is 6.31. The number of halogens is 2. The lowest BCUT2D eigenvalue weighted by Gasteiger charge is -2.16. The van der Waals surface area contributed by atoms with Crippen LogP contribution in [0.3, 0.4) is 0 Å². The minimum absolute atomic E-state index is 0.0869. The maximum absolute atomic E-state index is 13.9. The predicted octanol–water partition coefficient (Wildman–Crippen LogP) is 3.38. The van der Waals surface area contributed by atoms with Gasteiger partial charge in [-0.2, -0.15) is 5.10 Å². The largest absolute Gasteiger partial charge is 0.495 e. The van der Waals surface area contributed by atoms with Crippen LogP contribution in [-0.2, 0) is 4.79 Å². The number of anilines is 1. The molecule has 0 fully saturated rings. The summed E-state index contributed by atoms with van der Waals surface area (Å²) in [5.41, 5.74) is 0.707. The van der Waals surface area contributed by atoms with Gasteiger partial charge >= 0.3 is 0 Å². The third-order valence-electron chi connectivity index (χ3n) is 4.07. The Morgan fingerprint density at radius 3 is 2.72 bits per heavy atom. The summed E-state index contributed by atoms with van der Waals surface area (Å²) >= 11 is 5.95. The molecule has 0 radical (unpaired) electrons. The molecule has 0 atom stereocenters. The van der Waals surface area contributed by atoms with Crippen molar-refractivity contribution < 1.29 is 18.7 Å². The van der Waals surface area contributed by atoms with Gasteiger partial charge in [0.25, 0.3) is 5.91 Å². The van der Waals surface area contributed by atoms with Crippen LogP contribution in [0.2, 0.25) is 5.02 Å². The van der Waals surface area contributed by atoms with Crippen molar-refractivity contribution in [2.75, 3.05) is 26.0 Å². The molecule has 3 rings (SSSR count). The van der Waals surface area contributed by atoms with Gasteiger partial charge in [0.1, 0.15) is 17.3 Å². The Kier molecular flexibility index (Phi) is 6.13. The van der Waals surface area contributed by atoms with E-state index in [4.69, 9.17) is 16.3 Å². The second-order valence-corrected chi connectivity index (χ2v) is 6.59. The second kappa shape index (κ2) is 8.74. The van der Waals surface area contributed by atoms with E-state index in [1.165, 1.54) is 42.1 Å². The van der Waals surface area contributed by atoms with Gasteiger partial charge in [-0.1, -0.05) is 23.7 Å². The first-order chi connectivity index (χ1) is 13.9. The number of amides is 2. The lowest BCUT2D eigenvalue weighted by atomic mass is 10.3. The molecule has 0 saturated carbocycles. The SMILES string of the molecule is COc1ccc(Cl)cc1NC(=O)CN(C)C(=O)c1ccn(-c2ccccc2F)n1. The van der Waals surface area contributed by atoms with E-state index in [-0.39, 0.29) is 17.9 Å². The Morgan fingerprint density at radius 2 is 2.00 bits per heavy atom. The van der Waals surface area contributed by atoms with E-state index in [0.717, 1.165) is 0 Å². The highest BCUT2D eigenvalue weighted by Crippen LogP contribution is 2.27. The number of rotatable bonds is 6. The highest BCUT2D eigenvalue weighted by atomic mass is 35.5. The van der Waals surface area contributed by atoms with Gasteiger partial charge in [-0.15, -0.1) is 0 Å². The lowest BCUT2D eigenvalue weighted by molar-refractivity contribution is -0.116. The van der Waals surface area contributed by atoms with Crippen LogP contribution in [0.25, 0.3) is 5.69 Å². The fraction of sp³-hybridized carbons (Fsp3) is 0.150. The third-order valence-corrected chi connectivity index (χ3v) is 4.31. The highest BCUT2D eigenvalue weighted by Gasteiger charge is 2.19. The van der Waals surface area contributed by atoms with Crippen molar-refractivity contribution in [3.63, 3.8) is 0 Å². The standard InChI is InChI=1S/C20H18ClFN4O3/c1-25(12-19(27)23-16-11-13(21)7-8-18(16)29-2)20(28)15-9-10-26(24-15)17-6-4-3-5-14(17)22/h3-11H,12H2,1-2H3,(H,23,27). The molecule has 0 bridgehead atoms. The first kappa shape index (κ1) is 20.3. The topological polar surface area (TPSA) is 76.5 Å². The van der Waals surface area contributed by atoms with E-state index in [1.807, 2.05) is 0 Å². The fourth-order valence-corrected chi connectivity index (χ4v) is 2.83. The maximum atomic E-state index is 13.9. The molecule has 0 aliphatic heterocycles. The number of carbonyl (C=O) groups excluding carboxylic acids is 2. The predicted molar refractivity (Wildman–Crippen MR) is 107 cm³/mol. The van der Waals surface area contributed by atoms with Crippen molar-refractivity contribution in [3.05, 3.63) is 71.3 Å². The molecule has 29 heavy (non-hydrogen) atoms. The van der Waals surface area contributed by atoms with Crippen LogP contribution in [0.4, 0.5) is 10.1 Å². The average molecular weight is 417 g/mol. The van der Waals surface area contributed by atoms with Crippen molar-refractivity contribution >= 4 is 29.1 Å². The molecule has 0 aliphatic rings. The van der Waals surface area contributed by atoms with E-state index in [1.54, 1.807) is 36.4 Å². The molecule has 1 aromatic heterocycles. The minimum Gasteiger partial charge on any atom is -0.495 e. The van der Waals surface area contributed by atoms with Crippen molar-refractivity contribution in [1.29, 1.82) is 0 Å². The number of aromatic nitrogens is 2. The molecule has 150 valence electrons. The number of hydrogen-bond donors (Lipinski definition) is 1. The molecule has 0 aliphatic carbocycles. The van der Waals surface area contributed by atoms with Crippen molar-refractivity contribution in [1.82, 2.24) is 14.7 Å². The minimum atomic E-state index is -0.478. The Hall–Kier alpha value is -3.39. The molecule has 1 heterocycles. The zero-order valence-corrected chi connectivity index (χ0v) is 16.5. The van der Waals surface area contributed by atoms with Crippen LogP contribution < -0.4 is 10.1 Å². The Labute approximate surface area is 171 Å². The molecule has 1 N–H and O–H groups in total. The smallest absolute Gasteiger partial charge is 0.274 e. The molecule has 2 amide bonds. The number of likely N-dealkylation sites (N-methyl/N-ethyl adjacent to an activating group) is 1. The second-order valence-electron chi connectivity index (χ2n) is 6.15. The zero-order chi connectivity index (χ0) is 21.0. The van der Waals surface area contributed by atoms with Crippen molar-refractivity contribution in [3.8, 4) is 11.4 Å². The molecule has 9 heteroatoms.